The lowest BCUT2D eigenvalue weighted by Gasteiger charge is -2.16. The van der Waals surface area contributed by atoms with Crippen molar-refractivity contribution in [3.05, 3.63) is 127 Å². The molecular weight excluding hydrogens is 424 g/mol. The summed E-state index contributed by atoms with van der Waals surface area (Å²) in [5.74, 6) is 0.224. The van der Waals surface area contributed by atoms with Crippen molar-refractivity contribution >= 4 is 11.1 Å². The van der Waals surface area contributed by atoms with Gasteiger partial charge in [-0.2, -0.15) is 0 Å². The SMILES string of the molecule is C=CC(=C)c1cc(-c2cc(/C(C)=C/C)nc(-c3ccccc3)c2)cc(C(C)/C=C\C(=C/C)NC)c1. The zero-order valence-corrected chi connectivity index (χ0v) is 21.6. The Balaban J connectivity index is 2.20. The molecule has 35 heavy (non-hydrogen) atoms. The van der Waals surface area contributed by atoms with Crippen LogP contribution < -0.4 is 5.32 Å². The highest BCUT2D eigenvalue weighted by Crippen LogP contribution is 2.33. The van der Waals surface area contributed by atoms with Crippen LogP contribution >= 0.6 is 0 Å². The first-order chi connectivity index (χ1) is 16.9. The first-order valence-electron chi connectivity index (χ1n) is 12.1. The number of nitrogens with zero attached hydrogens (tertiary/aromatic N) is 1. The molecule has 2 aromatic carbocycles. The van der Waals surface area contributed by atoms with Crippen LogP contribution in [0.25, 0.3) is 33.5 Å². The minimum Gasteiger partial charge on any atom is -0.388 e. The van der Waals surface area contributed by atoms with Crippen LogP contribution in [0.15, 0.2) is 110 Å². The molecule has 0 aliphatic rings. The number of pyridine rings is 1. The van der Waals surface area contributed by atoms with E-state index in [2.05, 4.69) is 118 Å². The van der Waals surface area contributed by atoms with Crippen molar-refractivity contribution in [2.75, 3.05) is 7.05 Å². The first-order valence-corrected chi connectivity index (χ1v) is 12.1. The van der Waals surface area contributed by atoms with Crippen LogP contribution in [0.5, 0.6) is 0 Å². The van der Waals surface area contributed by atoms with E-state index in [9.17, 15) is 0 Å². The van der Waals surface area contributed by atoms with Crippen LogP contribution in [0, 0.1) is 0 Å². The first kappa shape index (κ1) is 25.7. The normalized spacial score (nSPS) is 13.1. The molecule has 0 fully saturated rings. The largest absolute Gasteiger partial charge is 0.388 e. The van der Waals surface area contributed by atoms with Gasteiger partial charge in [0.05, 0.1) is 11.4 Å². The highest BCUT2D eigenvalue weighted by atomic mass is 14.8. The predicted octanol–water partition coefficient (Wildman–Crippen LogP) is 8.82. The molecule has 2 nitrogen and oxygen atoms in total. The summed E-state index contributed by atoms with van der Waals surface area (Å²) < 4.78 is 0. The number of hydrogen-bond acceptors (Lipinski definition) is 2. The number of benzene rings is 2. The molecule has 1 unspecified atom stereocenters. The van der Waals surface area contributed by atoms with E-state index in [0.717, 1.165) is 50.5 Å². The maximum absolute atomic E-state index is 4.97. The molecule has 0 saturated heterocycles. The van der Waals surface area contributed by atoms with Gasteiger partial charge in [0, 0.05) is 18.3 Å². The second-order valence-corrected chi connectivity index (χ2v) is 8.68. The summed E-state index contributed by atoms with van der Waals surface area (Å²) in [6.45, 7) is 16.6. The van der Waals surface area contributed by atoms with Crippen LogP contribution in [-0.2, 0) is 0 Å². The molecule has 1 atom stereocenters. The molecule has 3 aromatic rings. The summed E-state index contributed by atoms with van der Waals surface area (Å²) in [6.07, 6.45) is 10.3. The average Bonchev–Trinajstić information content (AvgIpc) is 2.92. The lowest BCUT2D eigenvalue weighted by Crippen LogP contribution is -2.02. The molecule has 0 spiro atoms. The van der Waals surface area contributed by atoms with Crippen molar-refractivity contribution in [2.24, 2.45) is 0 Å². The van der Waals surface area contributed by atoms with Gasteiger partial charge in [-0.3, -0.25) is 0 Å². The molecule has 0 radical (unpaired) electrons. The zero-order valence-electron chi connectivity index (χ0n) is 21.6. The minimum absolute atomic E-state index is 0.224. The number of likely N-dealkylation sites (N-methyl/N-ethyl adjacent to an activating group) is 1. The van der Waals surface area contributed by atoms with E-state index in [1.165, 1.54) is 5.56 Å². The topological polar surface area (TPSA) is 24.9 Å². The van der Waals surface area contributed by atoms with E-state index >= 15 is 0 Å². The van der Waals surface area contributed by atoms with Gasteiger partial charge in [-0.15, -0.1) is 0 Å². The van der Waals surface area contributed by atoms with E-state index in [1.807, 2.05) is 26.1 Å². The van der Waals surface area contributed by atoms with Crippen molar-refractivity contribution in [1.82, 2.24) is 10.3 Å². The summed E-state index contributed by atoms with van der Waals surface area (Å²) >= 11 is 0. The van der Waals surface area contributed by atoms with Crippen LogP contribution in [0.4, 0.5) is 0 Å². The van der Waals surface area contributed by atoms with Gasteiger partial charge >= 0.3 is 0 Å². The van der Waals surface area contributed by atoms with Crippen molar-refractivity contribution in [1.29, 1.82) is 0 Å². The summed E-state index contributed by atoms with van der Waals surface area (Å²) in [4.78, 5) is 4.97. The van der Waals surface area contributed by atoms with Gasteiger partial charge in [0.15, 0.2) is 0 Å². The Morgan fingerprint density at radius 2 is 1.66 bits per heavy atom. The number of hydrogen-bond donors (Lipinski definition) is 1. The fourth-order valence-corrected chi connectivity index (χ4v) is 3.87. The Bertz CT molecular complexity index is 1290. The van der Waals surface area contributed by atoms with Crippen LogP contribution in [0.1, 0.15) is 50.4 Å². The molecule has 1 aromatic heterocycles. The number of allylic oxidation sites excluding steroid dienone is 7. The second-order valence-electron chi connectivity index (χ2n) is 8.68. The molecular formula is C33H36N2. The molecule has 178 valence electrons. The maximum Gasteiger partial charge on any atom is 0.0715 e. The summed E-state index contributed by atoms with van der Waals surface area (Å²) in [7, 11) is 1.94. The molecule has 0 aliphatic carbocycles. The van der Waals surface area contributed by atoms with Crippen molar-refractivity contribution in [3.63, 3.8) is 0 Å². The molecule has 3 rings (SSSR count). The quantitative estimate of drug-likeness (QED) is 0.323. The molecule has 0 saturated carbocycles. The van der Waals surface area contributed by atoms with Gasteiger partial charge < -0.3 is 5.32 Å². The van der Waals surface area contributed by atoms with E-state index in [4.69, 9.17) is 4.98 Å². The molecule has 0 amide bonds. The third-order valence-electron chi connectivity index (χ3n) is 6.33. The van der Waals surface area contributed by atoms with Crippen LogP contribution in [0.2, 0.25) is 0 Å². The monoisotopic (exact) mass is 460 g/mol. The van der Waals surface area contributed by atoms with Crippen LogP contribution in [-0.4, -0.2) is 12.0 Å². The fraction of sp³-hybridized carbons (Fsp3) is 0.182. The Labute approximate surface area is 211 Å². The molecule has 1 N–H and O–H groups in total. The fourth-order valence-electron chi connectivity index (χ4n) is 3.87. The van der Waals surface area contributed by atoms with E-state index < -0.39 is 0 Å². The van der Waals surface area contributed by atoms with Gasteiger partial charge in [0.1, 0.15) is 0 Å². The van der Waals surface area contributed by atoms with Gasteiger partial charge in [-0.25, -0.2) is 4.98 Å². The number of rotatable bonds is 9. The molecule has 0 bridgehead atoms. The Hall–Kier alpha value is -3.91. The number of aromatic nitrogens is 1. The zero-order chi connectivity index (χ0) is 25.4. The summed E-state index contributed by atoms with van der Waals surface area (Å²) in [5.41, 5.74) is 10.8. The Kier molecular flexibility index (Phi) is 8.80. The van der Waals surface area contributed by atoms with Crippen molar-refractivity contribution in [3.8, 4) is 22.4 Å². The van der Waals surface area contributed by atoms with Gasteiger partial charge in [-0.05, 0) is 84.4 Å². The second kappa shape index (κ2) is 12.0. The van der Waals surface area contributed by atoms with Crippen molar-refractivity contribution in [2.45, 2.75) is 33.6 Å². The highest BCUT2D eigenvalue weighted by molar-refractivity contribution is 5.80. The van der Waals surface area contributed by atoms with Crippen LogP contribution in [0.3, 0.4) is 0 Å². The van der Waals surface area contributed by atoms with E-state index in [-0.39, 0.29) is 5.92 Å². The smallest absolute Gasteiger partial charge is 0.0715 e. The third-order valence-corrected chi connectivity index (χ3v) is 6.33. The molecule has 0 aliphatic heterocycles. The van der Waals surface area contributed by atoms with E-state index in [1.54, 1.807) is 0 Å². The Morgan fingerprint density at radius 3 is 2.29 bits per heavy atom. The molecule has 2 heteroatoms. The van der Waals surface area contributed by atoms with E-state index in [0.29, 0.717) is 0 Å². The van der Waals surface area contributed by atoms with Gasteiger partial charge in [-0.1, -0.05) is 86.9 Å². The highest BCUT2D eigenvalue weighted by Gasteiger charge is 2.12. The lowest BCUT2D eigenvalue weighted by molar-refractivity contribution is 0.953. The average molecular weight is 461 g/mol. The lowest BCUT2D eigenvalue weighted by atomic mass is 9.90. The van der Waals surface area contributed by atoms with Crippen molar-refractivity contribution < 1.29 is 0 Å². The number of nitrogens with one attached hydrogen (secondary N) is 1. The standard InChI is InChI=1S/C33H36N2/c1-8-23(4)27-18-28(25(6)16-17-31(10-3)34-7)20-29(19-27)30-21-32(24(5)9-2)35-33(22-30)26-14-12-11-13-15-26/h8-22,25,34H,1,4H2,2-3,5-7H3/b17-16-,24-9+,31-10+. The maximum atomic E-state index is 4.97. The minimum atomic E-state index is 0.224. The predicted molar refractivity (Wildman–Crippen MR) is 154 cm³/mol. The summed E-state index contributed by atoms with van der Waals surface area (Å²) in [6, 6.07) is 21.4. The summed E-state index contributed by atoms with van der Waals surface area (Å²) in [5, 5.41) is 3.21. The molecule has 1 heterocycles. The van der Waals surface area contributed by atoms with Gasteiger partial charge in [0.25, 0.3) is 0 Å². The van der Waals surface area contributed by atoms with Gasteiger partial charge in [0.2, 0.25) is 0 Å². The third kappa shape index (κ3) is 6.36. The Morgan fingerprint density at radius 1 is 0.943 bits per heavy atom.